The summed E-state index contributed by atoms with van der Waals surface area (Å²) in [5.41, 5.74) is 0.247. The molecule has 0 atom stereocenters. The highest BCUT2D eigenvalue weighted by atomic mass is 79.9. The second kappa shape index (κ2) is 9.82. The third-order valence-electron chi connectivity index (χ3n) is 7.83. The molecule has 9 heteroatoms. The zero-order chi connectivity index (χ0) is 25.5. The van der Waals surface area contributed by atoms with E-state index in [1.54, 1.807) is 19.1 Å². The quantitative estimate of drug-likeness (QED) is 0.391. The van der Waals surface area contributed by atoms with Gasteiger partial charge in [0.05, 0.1) is 12.2 Å². The fourth-order valence-electron chi connectivity index (χ4n) is 6.67. The van der Waals surface area contributed by atoms with E-state index in [0.29, 0.717) is 34.5 Å². The van der Waals surface area contributed by atoms with Crippen molar-refractivity contribution in [1.82, 2.24) is 0 Å². The van der Waals surface area contributed by atoms with Gasteiger partial charge in [-0.2, -0.15) is 0 Å². The molecule has 0 saturated heterocycles. The molecule has 2 aromatic carbocycles. The van der Waals surface area contributed by atoms with Crippen LogP contribution < -0.4 is 9.46 Å². The Kier molecular flexibility index (Phi) is 6.89. The van der Waals surface area contributed by atoms with Gasteiger partial charge in [-0.15, -0.1) is 0 Å². The molecule has 2 aromatic rings. The van der Waals surface area contributed by atoms with E-state index >= 15 is 0 Å². The predicted octanol–water partition coefficient (Wildman–Crippen LogP) is 5.59. The highest BCUT2D eigenvalue weighted by molar-refractivity contribution is 9.10. The van der Waals surface area contributed by atoms with Crippen molar-refractivity contribution in [1.29, 1.82) is 0 Å². The third kappa shape index (κ3) is 5.05. The normalized spacial score (nSPS) is 26.4. The Bertz CT molecular complexity index is 1240. The van der Waals surface area contributed by atoms with Crippen molar-refractivity contribution in [2.24, 2.45) is 23.2 Å². The minimum atomic E-state index is -3.93. The largest absolute Gasteiger partial charge is 0.492 e. The maximum atomic E-state index is 13.1. The van der Waals surface area contributed by atoms with E-state index in [1.807, 2.05) is 0 Å². The van der Waals surface area contributed by atoms with Crippen LogP contribution in [-0.4, -0.2) is 33.4 Å². The highest BCUT2D eigenvalue weighted by Crippen LogP contribution is 2.60. The Morgan fingerprint density at radius 2 is 1.61 bits per heavy atom. The maximum absolute atomic E-state index is 13.1. The van der Waals surface area contributed by atoms with Gasteiger partial charge in [0, 0.05) is 15.6 Å². The third-order valence-corrected chi connectivity index (χ3v) is 9.73. The van der Waals surface area contributed by atoms with Gasteiger partial charge in [0.15, 0.2) is 12.4 Å². The van der Waals surface area contributed by atoms with Crippen molar-refractivity contribution < 1.29 is 27.5 Å². The van der Waals surface area contributed by atoms with Gasteiger partial charge in [-0.05, 0) is 106 Å². The number of rotatable bonds is 9. The van der Waals surface area contributed by atoms with Crippen LogP contribution in [0, 0.1) is 23.2 Å². The molecule has 0 aromatic heterocycles. The van der Waals surface area contributed by atoms with E-state index in [0.717, 1.165) is 19.3 Å². The van der Waals surface area contributed by atoms with Crippen molar-refractivity contribution in [3.63, 3.8) is 0 Å². The summed E-state index contributed by atoms with van der Waals surface area (Å²) >= 11 is 3.30. The summed E-state index contributed by atoms with van der Waals surface area (Å²) in [6.45, 7) is 1.90. The molecule has 4 fully saturated rings. The summed E-state index contributed by atoms with van der Waals surface area (Å²) in [7, 11) is -3.93. The van der Waals surface area contributed by atoms with Crippen molar-refractivity contribution in [3.8, 4) is 5.75 Å². The highest BCUT2D eigenvalue weighted by Gasteiger charge is 2.54. The smallest absolute Gasteiger partial charge is 0.338 e. The molecule has 4 saturated carbocycles. The van der Waals surface area contributed by atoms with Crippen molar-refractivity contribution in [2.75, 3.05) is 17.9 Å². The number of halogens is 1. The van der Waals surface area contributed by atoms with Crippen molar-refractivity contribution in [2.45, 2.75) is 50.3 Å². The van der Waals surface area contributed by atoms with Crippen LogP contribution >= 0.6 is 15.9 Å². The van der Waals surface area contributed by atoms with E-state index in [1.165, 1.54) is 49.6 Å². The van der Waals surface area contributed by atoms with E-state index in [2.05, 4.69) is 20.7 Å². The number of esters is 1. The molecule has 0 radical (unpaired) electrons. The average Bonchev–Trinajstić information content (AvgIpc) is 2.83. The fourth-order valence-corrected chi connectivity index (χ4v) is 8.41. The van der Waals surface area contributed by atoms with Gasteiger partial charge in [-0.3, -0.25) is 9.52 Å². The second-order valence-electron chi connectivity index (χ2n) is 10.4. The topological polar surface area (TPSA) is 98.8 Å². The Labute approximate surface area is 220 Å². The fraction of sp³-hybridized carbons (Fsp3) is 0.481. The molecule has 7 nitrogen and oxygen atoms in total. The molecule has 6 rings (SSSR count). The number of carbonyl (C=O) groups is 2. The summed E-state index contributed by atoms with van der Waals surface area (Å²) in [4.78, 5) is 25.7. The molecule has 36 heavy (non-hydrogen) atoms. The maximum Gasteiger partial charge on any atom is 0.338 e. The molecule has 0 spiro atoms. The van der Waals surface area contributed by atoms with Gasteiger partial charge in [0.2, 0.25) is 0 Å². The lowest BCUT2D eigenvalue weighted by Crippen LogP contribution is -2.51. The molecule has 4 aliphatic carbocycles. The summed E-state index contributed by atoms with van der Waals surface area (Å²) in [5.74, 6) is 1.65. The van der Waals surface area contributed by atoms with Crippen molar-refractivity contribution in [3.05, 3.63) is 52.5 Å². The lowest BCUT2D eigenvalue weighted by molar-refractivity contribution is -0.147. The molecule has 0 unspecified atom stereocenters. The SMILES string of the molecule is CCOc1ccc(Br)cc1S(=O)(=O)Nc1ccc(C(=O)OCC(=O)C23CC4CC(CC(C4)C2)C3)cc1. The molecule has 0 amide bonds. The number of hydrogen-bond acceptors (Lipinski definition) is 6. The van der Waals surface area contributed by atoms with Crippen LogP contribution in [0.15, 0.2) is 51.8 Å². The molecule has 4 bridgehead atoms. The van der Waals surface area contributed by atoms with Crippen LogP contribution in [-0.2, 0) is 19.6 Å². The van der Waals surface area contributed by atoms with Gasteiger partial charge in [-0.25, -0.2) is 13.2 Å². The van der Waals surface area contributed by atoms with Crippen molar-refractivity contribution >= 4 is 43.4 Å². The van der Waals surface area contributed by atoms with E-state index < -0.39 is 16.0 Å². The van der Waals surface area contributed by atoms with E-state index in [-0.39, 0.29) is 34.0 Å². The molecular weight excluding hydrogens is 546 g/mol. The second-order valence-corrected chi connectivity index (χ2v) is 13.0. The van der Waals surface area contributed by atoms with Crippen LogP contribution in [0.2, 0.25) is 0 Å². The minimum Gasteiger partial charge on any atom is -0.492 e. The summed E-state index contributed by atoms with van der Waals surface area (Å²) in [5, 5.41) is 0. The average molecular weight is 577 g/mol. The van der Waals surface area contributed by atoms with E-state index in [4.69, 9.17) is 9.47 Å². The lowest BCUT2D eigenvalue weighted by atomic mass is 9.48. The van der Waals surface area contributed by atoms with Crippen LogP contribution in [0.1, 0.15) is 55.8 Å². The number of ketones is 1. The Morgan fingerprint density at radius 3 is 2.19 bits per heavy atom. The zero-order valence-corrected chi connectivity index (χ0v) is 22.6. The van der Waals surface area contributed by atoms with Gasteiger partial charge in [0.25, 0.3) is 10.0 Å². The number of anilines is 1. The van der Waals surface area contributed by atoms with Gasteiger partial charge >= 0.3 is 5.97 Å². The lowest BCUT2D eigenvalue weighted by Gasteiger charge is -2.55. The summed E-state index contributed by atoms with van der Waals surface area (Å²) in [6.07, 6.45) is 6.55. The Morgan fingerprint density at radius 1 is 1.00 bits per heavy atom. The van der Waals surface area contributed by atoms with Crippen LogP contribution in [0.5, 0.6) is 5.75 Å². The van der Waals surface area contributed by atoms with Crippen LogP contribution in [0.3, 0.4) is 0 Å². The zero-order valence-electron chi connectivity index (χ0n) is 20.2. The Hall–Kier alpha value is -2.39. The first-order valence-electron chi connectivity index (χ1n) is 12.4. The minimum absolute atomic E-state index is 0.00500. The molecule has 4 aliphatic rings. The molecule has 192 valence electrons. The Balaban J connectivity index is 1.21. The van der Waals surface area contributed by atoms with Crippen LogP contribution in [0.4, 0.5) is 5.69 Å². The molecule has 0 aliphatic heterocycles. The number of hydrogen-bond donors (Lipinski definition) is 1. The number of nitrogens with one attached hydrogen (secondary N) is 1. The number of benzene rings is 2. The summed E-state index contributed by atoms with van der Waals surface area (Å²) in [6, 6.07) is 10.7. The predicted molar refractivity (Wildman–Crippen MR) is 138 cm³/mol. The first-order valence-corrected chi connectivity index (χ1v) is 14.7. The van der Waals surface area contributed by atoms with Gasteiger partial charge < -0.3 is 9.47 Å². The van der Waals surface area contributed by atoms with Gasteiger partial charge in [-0.1, -0.05) is 15.9 Å². The van der Waals surface area contributed by atoms with Gasteiger partial charge in [0.1, 0.15) is 10.6 Å². The van der Waals surface area contributed by atoms with E-state index in [9.17, 15) is 18.0 Å². The molecule has 0 heterocycles. The molecular formula is C27H30BrNO6S. The number of sulfonamides is 1. The first-order chi connectivity index (χ1) is 17.2. The number of Topliss-reactive ketones (excluding diaryl/α,β-unsaturated/α-hetero) is 1. The standard InChI is InChI=1S/C27H30BrNO6S/c1-2-34-23-8-5-21(28)12-24(23)36(32,33)29-22-6-3-20(4-7-22)26(31)35-16-25(30)27-13-17-9-18(14-27)11-19(10-17)15-27/h3-8,12,17-19,29H,2,9-11,13-16H2,1H3. The molecule has 1 N–H and O–H groups in total. The van der Waals surface area contributed by atoms with Crippen LogP contribution in [0.25, 0.3) is 0 Å². The number of ether oxygens (including phenoxy) is 2. The number of carbonyl (C=O) groups excluding carboxylic acids is 2. The monoisotopic (exact) mass is 575 g/mol. The summed E-state index contributed by atoms with van der Waals surface area (Å²) < 4.78 is 39.9. The first kappa shape index (κ1) is 25.3.